The summed E-state index contributed by atoms with van der Waals surface area (Å²) in [6, 6.07) is 18.5. The molecule has 2 aromatic rings. The van der Waals surface area contributed by atoms with E-state index in [4.69, 9.17) is 0 Å². The van der Waals surface area contributed by atoms with Gasteiger partial charge in [0.15, 0.2) is 0 Å². The first kappa shape index (κ1) is 28.0. The van der Waals surface area contributed by atoms with E-state index >= 15 is 0 Å². The Morgan fingerprint density at radius 3 is 1.22 bits per heavy atom. The first-order valence-corrected chi connectivity index (χ1v) is 28.4. The van der Waals surface area contributed by atoms with Crippen molar-refractivity contribution in [3.05, 3.63) is 81.9 Å². The van der Waals surface area contributed by atoms with Gasteiger partial charge in [-0.1, -0.05) is 0 Å². The molecule has 2 aliphatic rings. The van der Waals surface area contributed by atoms with Crippen LogP contribution in [-0.2, 0) is 0 Å². The second-order valence-corrected chi connectivity index (χ2v) is 34.5. The van der Waals surface area contributed by atoms with Gasteiger partial charge in [-0.2, -0.15) is 0 Å². The van der Waals surface area contributed by atoms with Crippen LogP contribution in [-0.4, -0.2) is 26.5 Å². The molecule has 0 aromatic heterocycles. The van der Waals surface area contributed by atoms with E-state index in [1.807, 2.05) is 0 Å². The van der Waals surface area contributed by atoms with Crippen molar-refractivity contribution in [2.24, 2.45) is 0 Å². The van der Waals surface area contributed by atoms with Gasteiger partial charge in [0.05, 0.1) is 0 Å². The second-order valence-electron chi connectivity index (χ2n) is 13.3. The van der Waals surface area contributed by atoms with Gasteiger partial charge in [0, 0.05) is 0 Å². The number of unbranched alkanes of at least 4 members (excludes halogenated alkanes) is 5. The summed E-state index contributed by atoms with van der Waals surface area (Å²) in [5.41, 5.74) is 12.8. The molecule has 2 aliphatic carbocycles. The van der Waals surface area contributed by atoms with Gasteiger partial charge in [-0.15, -0.1) is 0 Å². The molecule has 0 aliphatic heterocycles. The minimum atomic E-state index is -1.92. The van der Waals surface area contributed by atoms with Crippen LogP contribution in [0.4, 0.5) is 0 Å². The summed E-state index contributed by atoms with van der Waals surface area (Å²) in [5.74, 6) is 10.8. The second kappa shape index (κ2) is 11.4. The van der Waals surface area contributed by atoms with Crippen LogP contribution in [0, 0.1) is 0 Å². The Bertz CT molecular complexity index is 1060. The Hall–Kier alpha value is -0.994. The number of fused-ring (bicyclic) bond motifs is 2. The minimum absolute atomic E-state index is 0.775. The van der Waals surface area contributed by atoms with Crippen molar-refractivity contribution in [3.8, 4) is 0 Å². The molecule has 2 atom stereocenters. The van der Waals surface area contributed by atoms with E-state index in [1.54, 1.807) is 33.4 Å². The Kier molecular flexibility index (Phi) is 8.87. The third kappa shape index (κ3) is 5.56. The molecule has 2 heteroatoms. The predicted molar refractivity (Wildman–Crippen MR) is 167 cm³/mol. The molecule has 194 valence electrons. The molecule has 0 fully saturated rings. The summed E-state index contributed by atoms with van der Waals surface area (Å²) < 4.78 is 1.55. The molecule has 0 saturated carbocycles. The SMILES string of the molecule is CC1=C(C)[CH]([Ge]([CH3])([CH3])[CH2]CCCCCC[CH2][Ge]([CH3])([CH3])[CH]2C(C)=C(C)c3ccccc32)c2ccccc21. The number of benzene rings is 2. The summed E-state index contributed by atoms with van der Waals surface area (Å²) in [6.07, 6.45) is 8.64. The first-order chi connectivity index (χ1) is 17.1. The molecule has 36 heavy (non-hydrogen) atoms. The molecule has 4 rings (SSSR count). The molecule has 0 N–H and O–H groups in total. The van der Waals surface area contributed by atoms with E-state index < -0.39 is 26.5 Å². The Balaban J connectivity index is 1.20. The van der Waals surface area contributed by atoms with Crippen molar-refractivity contribution < 1.29 is 0 Å². The van der Waals surface area contributed by atoms with Crippen molar-refractivity contribution in [1.82, 2.24) is 0 Å². The zero-order chi connectivity index (χ0) is 26.1. The fourth-order valence-electron chi connectivity index (χ4n) is 7.68. The van der Waals surface area contributed by atoms with Crippen molar-refractivity contribution in [2.75, 3.05) is 0 Å². The maximum absolute atomic E-state index is 2.69. The molecule has 2 aromatic carbocycles. The predicted octanol–water partition coefficient (Wildman–Crippen LogP) is 11.0. The quantitative estimate of drug-likeness (QED) is 0.177. The molecular weight excluding hydrogens is 554 g/mol. The van der Waals surface area contributed by atoms with Crippen LogP contribution in [0.5, 0.6) is 0 Å². The van der Waals surface area contributed by atoms with E-state index in [9.17, 15) is 0 Å². The van der Waals surface area contributed by atoms with Crippen LogP contribution in [0.2, 0.25) is 33.5 Å². The van der Waals surface area contributed by atoms with Gasteiger partial charge in [-0.3, -0.25) is 0 Å². The summed E-state index contributed by atoms with van der Waals surface area (Å²) in [4.78, 5) is 0. The molecule has 0 spiro atoms. The van der Waals surface area contributed by atoms with Gasteiger partial charge in [-0.25, -0.2) is 0 Å². The maximum atomic E-state index is 2.69. The van der Waals surface area contributed by atoms with Gasteiger partial charge in [0.25, 0.3) is 0 Å². The zero-order valence-electron chi connectivity index (χ0n) is 24.4. The average molecular weight is 604 g/mol. The molecule has 0 bridgehead atoms. The van der Waals surface area contributed by atoms with Crippen LogP contribution in [0.1, 0.15) is 98.0 Å². The van der Waals surface area contributed by atoms with Gasteiger partial charge in [-0.05, 0) is 0 Å². The van der Waals surface area contributed by atoms with Crippen LogP contribution in [0.25, 0.3) is 11.1 Å². The van der Waals surface area contributed by atoms with Gasteiger partial charge >= 0.3 is 229 Å². The van der Waals surface area contributed by atoms with E-state index in [-0.39, 0.29) is 0 Å². The number of hydrogen-bond acceptors (Lipinski definition) is 0. The summed E-state index contributed by atoms with van der Waals surface area (Å²) >= 11 is -3.84. The molecule has 0 amide bonds. The van der Waals surface area contributed by atoms with Crippen LogP contribution in [0.3, 0.4) is 0 Å². The molecule has 0 radical (unpaired) electrons. The van der Waals surface area contributed by atoms with Crippen LogP contribution in [0.15, 0.2) is 59.7 Å². The van der Waals surface area contributed by atoms with Crippen molar-refractivity contribution >= 4 is 37.7 Å². The average Bonchev–Trinajstić information content (AvgIpc) is 3.26. The van der Waals surface area contributed by atoms with Gasteiger partial charge in [0.1, 0.15) is 0 Å². The number of allylic oxidation sites excluding steroid dienone is 4. The van der Waals surface area contributed by atoms with Gasteiger partial charge < -0.3 is 0 Å². The fourth-order valence-corrected chi connectivity index (χ4v) is 24.2. The standard InChI is InChI=1S/C34H50Ge2/c1-25-27(3)33(31-21-15-13-19-29(25)31)35(5,6)23-17-11-9-10-12-18-24-36(7,8)34-28(4)26(2)30-20-14-16-22-32(30)34/h13-16,19-22,33-34H,9-12,17-18,23-24H2,1-8H3. The monoisotopic (exact) mass is 606 g/mol. The zero-order valence-corrected chi connectivity index (χ0v) is 28.6. The molecule has 0 saturated heterocycles. The third-order valence-corrected chi connectivity index (χ3v) is 26.4. The topological polar surface area (TPSA) is 0 Å². The molecule has 0 heterocycles. The van der Waals surface area contributed by atoms with Crippen molar-refractivity contribution in [3.63, 3.8) is 0 Å². The van der Waals surface area contributed by atoms with E-state index in [0.29, 0.717) is 0 Å². The number of hydrogen-bond donors (Lipinski definition) is 0. The van der Waals surface area contributed by atoms with E-state index in [1.165, 1.54) is 60.2 Å². The van der Waals surface area contributed by atoms with Crippen LogP contribution < -0.4 is 0 Å². The Morgan fingerprint density at radius 2 is 0.833 bits per heavy atom. The molecular formula is C34H50Ge2. The van der Waals surface area contributed by atoms with E-state index in [2.05, 4.69) is 99.3 Å². The molecule has 2 unspecified atom stereocenters. The Morgan fingerprint density at radius 1 is 0.500 bits per heavy atom. The van der Waals surface area contributed by atoms with Crippen molar-refractivity contribution in [1.29, 1.82) is 0 Å². The summed E-state index contributed by atoms with van der Waals surface area (Å²) in [7, 11) is 0. The fraction of sp³-hybridized carbons (Fsp3) is 0.529. The summed E-state index contributed by atoms with van der Waals surface area (Å²) in [6.45, 7) is 9.53. The van der Waals surface area contributed by atoms with Crippen LogP contribution >= 0.6 is 0 Å². The summed E-state index contributed by atoms with van der Waals surface area (Å²) in [5, 5.41) is 3.02. The molecule has 0 nitrogen and oxygen atoms in total. The first-order valence-electron chi connectivity index (χ1n) is 14.6. The third-order valence-electron chi connectivity index (χ3n) is 9.86. The number of rotatable bonds is 11. The van der Waals surface area contributed by atoms with E-state index in [0.717, 1.165) is 9.50 Å². The Labute approximate surface area is 227 Å². The normalized spacial score (nSPS) is 19.8. The van der Waals surface area contributed by atoms with Crippen molar-refractivity contribution in [2.45, 2.75) is 109 Å². The van der Waals surface area contributed by atoms with Gasteiger partial charge in [0.2, 0.25) is 0 Å².